The number of nitrogens with zero attached hydrogens (tertiary/aromatic N) is 4. The van der Waals surface area contributed by atoms with Crippen LogP contribution in [0.15, 0.2) is 4.52 Å². The Hall–Kier alpha value is -1.18. The molecule has 0 bridgehead atoms. The summed E-state index contributed by atoms with van der Waals surface area (Å²) in [5, 5.41) is 13.0. The Balaban J connectivity index is 0.00000312. The average Bonchev–Trinajstić information content (AvgIpc) is 2.99. The quantitative estimate of drug-likeness (QED) is 0.710. The first-order valence-electron chi connectivity index (χ1n) is 8.97. The molecule has 1 aliphatic rings. The second kappa shape index (κ2) is 10.7. The first-order chi connectivity index (χ1) is 11.5. The molecule has 0 unspecified atom stereocenters. The molecule has 144 valence electrons. The third kappa shape index (κ3) is 7.30. The van der Waals surface area contributed by atoms with Crippen molar-refractivity contribution < 1.29 is 14.4 Å². The number of hydrogen-bond acceptors (Lipinski definition) is 6. The van der Waals surface area contributed by atoms with Crippen LogP contribution in [0.2, 0.25) is 0 Å². The summed E-state index contributed by atoms with van der Waals surface area (Å²) in [5.41, 5.74) is 0. The average molecular weight is 375 g/mol. The summed E-state index contributed by atoms with van der Waals surface area (Å²) >= 11 is 0. The van der Waals surface area contributed by atoms with Crippen molar-refractivity contribution in [1.82, 2.24) is 19.9 Å². The molecule has 2 rings (SSSR count). The highest BCUT2D eigenvalue weighted by atomic mass is 35.5. The smallest absolute Gasteiger partial charge is 0.317 e. The van der Waals surface area contributed by atoms with Gasteiger partial charge in [0.1, 0.15) is 0 Å². The second-order valence-electron chi connectivity index (χ2n) is 7.00. The summed E-state index contributed by atoms with van der Waals surface area (Å²) in [5.74, 6) is 1.37. The van der Waals surface area contributed by atoms with Crippen molar-refractivity contribution in [1.29, 1.82) is 0 Å². The van der Waals surface area contributed by atoms with Crippen molar-refractivity contribution in [2.24, 2.45) is 5.92 Å². The number of aryl methyl sites for hydroxylation is 1. The Labute approximate surface area is 156 Å². The minimum absolute atomic E-state index is 0. The summed E-state index contributed by atoms with van der Waals surface area (Å²) in [4.78, 5) is 19.8. The molecular weight excluding hydrogens is 344 g/mol. The molecule has 0 atom stereocenters. The van der Waals surface area contributed by atoms with E-state index in [4.69, 9.17) is 9.63 Å². The molecule has 1 aromatic heterocycles. The lowest BCUT2D eigenvalue weighted by Gasteiger charge is -2.36. The van der Waals surface area contributed by atoms with Crippen LogP contribution < -0.4 is 0 Å². The van der Waals surface area contributed by atoms with Crippen LogP contribution >= 0.6 is 12.4 Å². The van der Waals surface area contributed by atoms with Gasteiger partial charge in [-0.2, -0.15) is 4.98 Å². The van der Waals surface area contributed by atoms with Gasteiger partial charge in [-0.15, -0.1) is 12.4 Å². The van der Waals surface area contributed by atoms with Crippen LogP contribution in [0, 0.1) is 5.92 Å². The highest BCUT2D eigenvalue weighted by molar-refractivity contribution is 5.85. The van der Waals surface area contributed by atoms with Gasteiger partial charge in [0, 0.05) is 25.6 Å². The number of piperidine rings is 1. The SMILES string of the molecule is CCN(CC(=O)O)C1CCN(Cc2nc(CCC(C)C)no2)CC1.Cl. The van der Waals surface area contributed by atoms with Gasteiger partial charge >= 0.3 is 5.97 Å². The number of carbonyl (C=O) groups is 1. The van der Waals surface area contributed by atoms with Gasteiger partial charge in [-0.1, -0.05) is 25.9 Å². The highest BCUT2D eigenvalue weighted by Crippen LogP contribution is 2.18. The summed E-state index contributed by atoms with van der Waals surface area (Å²) in [7, 11) is 0. The number of likely N-dealkylation sites (tertiary alicyclic amines) is 1. The third-order valence-corrected chi connectivity index (χ3v) is 4.63. The molecule has 0 aromatic carbocycles. The van der Waals surface area contributed by atoms with E-state index in [2.05, 4.69) is 33.8 Å². The summed E-state index contributed by atoms with van der Waals surface area (Å²) in [6.45, 7) is 9.86. The van der Waals surface area contributed by atoms with E-state index in [-0.39, 0.29) is 19.0 Å². The van der Waals surface area contributed by atoms with Crippen molar-refractivity contribution >= 4 is 18.4 Å². The fourth-order valence-corrected chi connectivity index (χ4v) is 3.18. The molecule has 1 aromatic rings. The Bertz CT molecular complexity index is 516. The number of hydrogen-bond donors (Lipinski definition) is 1. The maximum absolute atomic E-state index is 10.9. The number of halogens is 1. The van der Waals surface area contributed by atoms with Crippen molar-refractivity contribution in [3.63, 3.8) is 0 Å². The fraction of sp³-hybridized carbons (Fsp3) is 0.824. The Kier molecular flexibility index (Phi) is 9.38. The topological polar surface area (TPSA) is 82.7 Å². The predicted octanol–water partition coefficient (Wildman–Crippen LogP) is 2.45. The third-order valence-electron chi connectivity index (χ3n) is 4.63. The summed E-state index contributed by atoms with van der Waals surface area (Å²) in [6.07, 6.45) is 3.90. The largest absolute Gasteiger partial charge is 0.480 e. The molecule has 0 spiro atoms. The van der Waals surface area contributed by atoms with Crippen molar-refractivity contribution in [2.75, 3.05) is 26.2 Å². The van der Waals surface area contributed by atoms with E-state index in [9.17, 15) is 4.79 Å². The van der Waals surface area contributed by atoms with E-state index in [1.54, 1.807) is 0 Å². The molecule has 7 nitrogen and oxygen atoms in total. The molecule has 1 N–H and O–H groups in total. The normalized spacial score (nSPS) is 16.4. The molecular formula is C17H31ClN4O3. The molecule has 0 saturated carbocycles. The summed E-state index contributed by atoms with van der Waals surface area (Å²) in [6, 6.07) is 0.353. The zero-order valence-electron chi connectivity index (χ0n) is 15.5. The molecule has 1 saturated heterocycles. The molecule has 1 aliphatic heterocycles. The maximum Gasteiger partial charge on any atom is 0.317 e. The van der Waals surface area contributed by atoms with Gasteiger partial charge in [-0.3, -0.25) is 14.6 Å². The molecule has 0 radical (unpaired) electrons. The van der Waals surface area contributed by atoms with E-state index in [0.29, 0.717) is 24.4 Å². The molecule has 1 fully saturated rings. The lowest BCUT2D eigenvalue weighted by molar-refractivity contribution is -0.139. The number of carboxylic acid groups (broad SMARTS) is 1. The number of aromatic nitrogens is 2. The number of rotatable bonds is 9. The van der Waals surface area contributed by atoms with Crippen LogP contribution in [0.1, 0.15) is 51.7 Å². The summed E-state index contributed by atoms with van der Waals surface area (Å²) < 4.78 is 5.36. The van der Waals surface area contributed by atoms with E-state index in [1.807, 2.05) is 6.92 Å². The van der Waals surface area contributed by atoms with Gasteiger partial charge in [-0.25, -0.2) is 0 Å². The van der Waals surface area contributed by atoms with Gasteiger partial charge in [0.15, 0.2) is 5.82 Å². The van der Waals surface area contributed by atoms with Crippen LogP contribution in [-0.4, -0.2) is 63.2 Å². The molecule has 0 aliphatic carbocycles. The van der Waals surface area contributed by atoms with E-state index in [0.717, 1.165) is 51.1 Å². The lowest BCUT2D eigenvalue weighted by Crippen LogP contribution is -2.46. The van der Waals surface area contributed by atoms with Crippen LogP contribution in [0.25, 0.3) is 0 Å². The highest BCUT2D eigenvalue weighted by Gasteiger charge is 2.25. The van der Waals surface area contributed by atoms with Crippen LogP contribution in [0.3, 0.4) is 0 Å². The van der Waals surface area contributed by atoms with Gasteiger partial charge in [0.2, 0.25) is 5.89 Å². The van der Waals surface area contributed by atoms with E-state index >= 15 is 0 Å². The van der Waals surface area contributed by atoms with E-state index < -0.39 is 5.97 Å². The second-order valence-corrected chi connectivity index (χ2v) is 7.00. The number of carboxylic acids is 1. The monoisotopic (exact) mass is 374 g/mol. The zero-order chi connectivity index (χ0) is 17.5. The predicted molar refractivity (Wildman–Crippen MR) is 97.9 cm³/mol. The first kappa shape index (κ1) is 21.9. The molecule has 25 heavy (non-hydrogen) atoms. The van der Waals surface area contributed by atoms with Crippen molar-refractivity contribution in [3.8, 4) is 0 Å². The van der Waals surface area contributed by atoms with Crippen LogP contribution in [-0.2, 0) is 17.8 Å². The number of aliphatic carboxylic acids is 1. The molecule has 0 amide bonds. The first-order valence-corrected chi connectivity index (χ1v) is 8.97. The minimum atomic E-state index is -0.751. The molecule has 8 heteroatoms. The van der Waals surface area contributed by atoms with Gasteiger partial charge in [0.05, 0.1) is 13.1 Å². The van der Waals surface area contributed by atoms with E-state index in [1.165, 1.54) is 0 Å². The van der Waals surface area contributed by atoms with Gasteiger partial charge in [-0.05, 0) is 31.7 Å². The van der Waals surface area contributed by atoms with Gasteiger partial charge < -0.3 is 9.63 Å². The number of likely N-dealkylation sites (N-methyl/N-ethyl adjacent to an activating group) is 1. The zero-order valence-corrected chi connectivity index (χ0v) is 16.3. The minimum Gasteiger partial charge on any atom is -0.480 e. The van der Waals surface area contributed by atoms with Crippen LogP contribution in [0.5, 0.6) is 0 Å². The molecule has 2 heterocycles. The Morgan fingerprint density at radius 2 is 2.08 bits per heavy atom. The Morgan fingerprint density at radius 1 is 1.40 bits per heavy atom. The van der Waals surface area contributed by atoms with Gasteiger partial charge in [0.25, 0.3) is 0 Å². The fourth-order valence-electron chi connectivity index (χ4n) is 3.18. The van der Waals surface area contributed by atoms with Crippen molar-refractivity contribution in [3.05, 3.63) is 11.7 Å². The van der Waals surface area contributed by atoms with Crippen molar-refractivity contribution in [2.45, 2.75) is 59.0 Å². The standard InChI is InChI=1S/C17H30N4O3.ClH/c1-4-21(12-17(22)23)14-7-9-20(10-8-14)11-16-18-15(19-24-16)6-5-13(2)3;/h13-14H,4-12H2,1-3H3,(H,22,23);1H. The van der Waals surface area contributed by atoms with Crippen LogP contribution in [0.4, 0.5) is 0 Å². The Morgan fingerprint density at radius 3 is 2.64 bits per heavy atom. The lowest BCUT2D eigenvalue weighted by atomic mass is 10.0. The maximum atomic E-state index is 10.9.